The minimum Gasteiger partial charge on any atom is -0.267 e. The summed E-state index contributed by atoms with van der Waals surface area (Å²) >= 11 is 5.07. The fourth-order valence-electron chi connectivity index (χ4n) is 3.27. The number of fused-ring (bicyclic) bond motifs is 1. The third-order valence-electron chi connectivity index (χ3n) is 4.76. The molecular formula is C24H20BrN3OS. The number of aromatic nitrogens is 1. The number of aryl methyl sites for hydroxylation is 1. The standard InChI is InChI=1S/C24H20BrN3OS/c1-3-19(22-11-12-23(25)30-22)27-28-24(29)18-14-21(16-8-6-7-15(2)13-16)26-20-10-5-4-9-17(18)20/h4-14H,3H2,1-2H3,(H,28,29). The SMILES string of the molecule is CCC(=NNC(=O)c1cc(-c2cccc(C)c2)nc2ccccc12)c1ccc(Br)s1. The summed E-state index contributed by atoms with van der Waals surface area (Å²) in [6.45, 7) is 4.07. The number of hydrogen-bond donors (Lipinski definition) is 1. The highest BCUT2D eigenvalue weighted by atomic mass is 79.9. The van der Waals surface area contributed by atoms with Gasteiger partial charge < -0.3 is 0 Å². The summed E-state index contributed by atoms with van der Waals surface area (Å²) in [6, 6.07) is 21.6. The largest absolute Gasteiger partial charge is 0.272 e. The summed E-state index contributed by atoms with van der Waals surface area (Å²) in [4.78, 5) is 18.9. The average Bonchev–Trinajstić information content (AvgIpc) is 3.19. The molecule has 0 saturated heterocycles. The number of nitrogens with one attached hydrogen (secondary N) is 1. The molecule has 2 aromatic heterocycles. The number of pyridine rings is 1. The number of hydrogen-bond acceptors (Lipinski definition) is 4. The molecule has 30 heavy (non-hydrogen) atoms. The molecule has 2 heterocycles. The molecule has 4 aromatic rings. The lowest BCUT2D eigenvalue weighted by Crippen LogP contribution is -2.20. The topological polar surface area (TPSA) is 54.4 Å². The van der Waals surface area contributed by atoms with Crippen LogP contribution in [0.3, 0.4) is 0 Å². The molecule has 1 amide bonds. The molecule has 0 saturated carbocycles. The van der Waals surface area contributed by atoms with Crippen LogP contribution >= 0.6 is 27.3 Å². The van der Waals surface area contributed by atoms with Crippen molar-refractivity contribution in [1.82, 2.24) is 10.4 Å². The quantitative estimate of drug-likeness (QED) is 0.260. The van der Waals surface area contributed by atoms with E-state index in [0.29, 0.717) is 5.56 Å². The van der Waals surface area contributed by atoms with Gasteiger partial charge in [0.15, 0.2) is 0 Å². The maximum absolute atomic E-state index is 13.1. The van der Waals surface area contributed by atoms with Crippen LogP contribution in [0.25, 0.3) is 22.2 Å². The zero-order chi connectivity index (χ0) is 21.1. The third-order valence-corrected chi connectivity index (χ3v) is 6.43. The number of thiophene rings is 1. The zero-order valence-corrected chi connectivity index (χ0v) is 19.0. The van der Waals surface area contributed by atoms with E-state index >= 15 is 0 Å². The lowest BCUT2D eigenvalue weighted by Gasteiger charge is -2.10. The fraction of sp³-hybridized carbons (Fsp3) is 0.125. The van der Waals surface area contributed by atoms with Gasteiger partial charge in [-0.3, -0.25) is 4.79 Å². The van der Waals surface area contributed by atoms with Gasteiger partial charge in [0.05, 0.1) is 31.1 Å². The molecule has 0 radical (unpaired) electrons. The van der Waals surface area contributed by atoms with Gasteiger partial charge >= 0.3 is 0 Å². The number of halogens is 1. The van der Waals surface area contributed by atoms with Crippen molar-refractivity contribution in [1.29, 1.82) is 0 Å². The smallest absolute Gasteiger partial charge is 0.267 e. The van der Waals surface area contributed by atoms with Gasteiger partial charge in [-0.25, -0.2) is 10.4 Å². The van der Waals surface area contributed by atoms with Gasteiger partial charge in [0.25, 0.3) is 5.91 Å². The van der Waals surface area contributed by atoms with Gasteiger partial charge in [0.1, 0.15) is 0 Å². The molecule has 0 spiro atoms. The van der Waals surface area contributed by atoms with Crippen LogP contribution in [0.5, 0.6) is 0 Å². The summed E-state index contributed by atoms with van der Waals surface area (Å²) in [7, 11) is 0. The Labute approximate surface area is 187 Å². The predicted octanol–water partition coefficient (Wildman–Crippen LogP) is 6.58. The van der Waals surface area contributed by atoms with Crippen LogP contribution in [0.4, 0.5) is 0 Å². The summed E-state index contributed by atoms with van der Waals surface area (Å²) in [5.74, 6) is -0.246. The van der Waals surface area contributed by atoms with Crippen molar-refractivity contribution in [2.75, 3.05) is 0 Å². The Kier molecular flexibility index (Phi) is 6.06. The molecule has 0 unspecified atom stereocenters. The minimum absolute atomic E-state index is 0.246. The van der Waals surface area contributed by atoms with Crippen molar-refractivity contribution >= 4 is 49.8 Å². The molecule has 1 N–H and O–H groups in total. The van der Waals surface area contributed by atoms with Gasteiger partial charge in [-0.05, 0) is 59.6 Å². The first kappa shape index (κ1) is 20.4. The van der Waals surface area contributed by atoms with Crippen LogP contribution in [0.1, 0.15) is 34.1 Å². The maximum Gasteiger partial charge on any atom is 0.272 e. The molecule has 0 aliphatic carbocycles. The van der Waals surface area contributed by atoms with Gasteiger partial charge in [0, 0.05) is 10.9 Å². The predicted molar refractivity (Wildman–Crippen MR) is 128 cm³/mol. The number of para-hydroxylation sites is 1. The highest BCUT2D eigenvalue weighted by Crippen LogP contribution is 2.26. The second-order valence-corrected chi connectivity index (χ2v) is 9.36. The molecule has 0 bridgehead atoms. The summed E-state index contributed by atoms with van der Waals surface area (Å²) < 4.78 is 1.04. The normalized spacial score (nSPS) is 11.6. The van der Waals surface area contributed by atoms with Crippen molar-refractivity contribution in [2.45, 2.75) is 20.3 Å². The molecule has 150 valence electrons. The molecule has 0 aliphatic rings. The minimum atomic E-state index is -0.246. The second kappa shape index (κ2) is 8.90. The van der Waals surface area contributed by atoms with E-state index in [1.807, 2.05) is 74.5 Å². The number of hydrazone groups is 1. The number of rotatable bonds is 5. The van der Waals surface area contributed by atoms with Crippen molar-refractivity contribution < 1.29 is 4.79 Å². The Balaban J connectivity index is 1.73. The van der Waals surface area contributed by atoms with Gasteiger partial charge in [0.2, 0.25) is 0 Å². The van der Waals surface area contributed by atoms with Crippen LogP contribution in [-0.2, 0) is 0 Å². The van der Waals surface area contributed by atoms with E-state index in [2.05, 4.69) is 32.5 Å². The van der Waals surface area contributed by atoms with Crippen molar-refractivity contribution in [3.63, 3.8) is 0 Å². The van der Waals surface area contributed by atoms with E-state index < -0.39 is 0 Å². The number of carbonyl (C=O) groups excluding carboxylic acids is 1. The van der Waals surface area contributed by atoms with Crippen LogP contribution in [-0.4, -0.2) is 16.6 Å². The van der Waals surface area contributed by atoms with Crippen LogP contribution in [0.15, 0.2) is 75.6 Å². The van der Waals surface area contributed by atoms with E-state index in [1.165, 1.54) is 0 Å². The van der Waals surface area contributed by atoms with Crippen molar-refractivity contribution in [3.05, 3.63) is 86.5 Å². The molecule has 2 aromatic carbocycles. The summed E-state index contributed by atoms with van der Waals surface area (Å²) in [5.41, 5.74) is 7.83. The molecule has 4 rings (SSSR count). The second-order valence-electron chi connectivity index (χ2n) is 6.90. The summed E-state index contributed by atoms with van der Waals surface area (Å²) in [5, 5.41) is 5.22. The average molecular weight is 478 g/mol. The molecule has 0 atom stereocenters. The molecule has 6 heteroatoms. The Hall–Kier alpha value is -2.83. The van der Waals surface area contributed by atoms with Crippen LogP contribution < -0.4 is 5.43 Å². The molecular weight excluding hydrogens is 458 g/mol. The van der Waals surface area contributed by atoms with E-state index in [0.717, 1.165) is 48.5 Å². The zero-order valence-electron chi connectivity index (χ0n) is 16.6. The Morgan fingerprint density at radius 1 is 1.10 bits per heavy atom. The van der Waals surface area contributed by atoms with Gasteiger partial charge in [-0.1, -0.05) is 48.9 Å². The van der Waals surface area contributed by atoms with Crippen molar-refractivity contribution in [3.8, 4) is 11.3 Å². The van der Waals surface area contributed by atoms with E-state index in [1.54, 1.807) is 11.3 Å². The van der Waals surface area contributed by atoms with E-state index in [4.69, 9.17) is 4.98 Å². The molecule has 0 aliphatic heterocycles. The monoisotopic (exact) mass is 477 g/mol. The van der Waals surface area contributed by atoms with E-state index in [9.17, 15) is 4.79 Å². The van der Waals surface area contributed by atoms with E-state index in [-0.39, 0.29) is 5.91 Å². The number of carbonyl (C=O) groups is 1. The Morgan fingerprint density at radius 2 is 1.93 bits per heavy atom. The Morgan fingerprint density at radius 3 is 2.67 bits per heavy atom. The van der Waals surface area contributed by atoms with Crippen molar-refractivity contribution in [2.24, 2.45) is 5.10 Å². The maximum atomic E-state index is 13.1. The van der Waals surface area contributed by atoms with Crippen LogP contribution in [0, 0.1) is 6.92 Å². The first-order valence-corrected chi connectivity index (χ1v) is 11.3. The first-order valence-electron chi connectivity index (χ1n) is 9.64. The highest BCUT2D eigenvalue weighted by Gasteiger charge is 2.14. The first-order chi connectivity index (χ1) is 14.5. The number of nitrogens with zero attached hydrogens (tertiary/aromatic N) is 2. The van der Waals surface area contributed by atoms with Gasteiger partial charge in [-0.2, -0.15) is 5.10 Å². The summed E-state index contributed by atoms with van der Waals surface area (Å²) in [6.07, 6.45) is 0.721. The number of amides is 1. The lowest BCUT2D eigenvalue weighted by molar-refractivity contribution is 0.0956. The van der Waals surface area contributed by atoms with Crippen LogP contribution in [0.2, 0.25) is 0 Å². The number of benzene rings is 2. The molecule has 0 fully saturated rings. The van der Waals surface area contributed by atoms with Gasteiger partial charge in [-0.15, -0.1) is 11.3 Å². The lowest BCUT2D eigenvalue weighted by atomic mass is 10.0. The highest BCUT2D eigenvalue weighted by molar-refractivity contribution is 9.11. The third kappa shape index (κ3) is 4.35. The molecule has 4 nitrogen and oxygen atoms in total. The Bertz CT molecular complexity index is 1260. The fourth-order valence-corrected chi connectivity index (χ4v) is 4.72.